The molecule has 74 valence electrons. The zero-order chi connectivity index (χ0) is 9.71. The molecule has 14 heavy (non-hydrogen) atoms. The summed E-state index contributed by atoms with van der Waals surface area (Å²) in [5.74, 6) is 1.22. The fourth-order valence-corrected chi connectivity index (χ4v) is 2.73. The SMILES string of the molecule is NC1C2CNC(c3cnccc3Cl)C12. The lowest BCUT2D eigenvalue weighted by molar-refractivity contribution is 0.535. The Morgan fingerprint density at radius 1 is 1.57 bits per heavy atom. The Bertz CT molecular complexity index is 368. The lowest BCUT2D eigenvalue weighted by Gasteiger charge is -2.15. The Hall–Kier alpha value is -0.640. The van der Waals surface area contributed by atoms with Crippen molar-refractivity contribution < 1.29 is 0 Å². The molecule has 2 fully saturated rings. The van der Waals surface area contributed by atoms with E-state index in [4.69, 9.17) is 17.3 Å². The van der Waals surface area contributed by atoms with Crippen molar-refractivity contribution in [1.82, 2.24) is 10.3 Å². The third kappa shape index (κ3) is 1.10. The molecule has 4 heteroatoms. The molecule has 0 amide bonds. The number of fused-ring (bicyclic) bond motifs is 1. The van der Waals surface area contributed by atoms with Crippen LogP contribution in [0.5, 0.6) is 0 Å². The van der Waals surface area contributed by atoms with E-state index in [2.05, 4.69) is 10.3 Å². The van der Waals surface area contributed by atoms with Crippen LogP contribution in [0, 0.1) is 11.8 Å². The predicted molar refractivity (Wildman–Crippen MR) is 54.9 cm³/mol. The maximum atomic E-state index is 6.12. The van der Waals surface area contributed by atoms with E-state index in [1.165, 1.54) is 0 Å². The van der Waals surface area contributed by atoms with E-state index < -0.39 is 0 Å². The zero-order valence-electron chi connectivity index (χ0n) is 7.65. The molecule has 0 spiro atoms. The van der Waals surface area contributed by atoms with Crippen molar-refractivity contribution in [3.63, 3.8) is 0 Å². The number of hydrogen-bond acceptors (Lipinski definition) is 3. The molecule has 1 saturated heterocycles. The van der Waals surface area contributed by atoms with Gasteiger partial charge in [0.15, 0.2) is 0 Å². The normalized spacial score (nSPS) is 39.6. The van der Waals surface area contributed by atoms with E-state index in [1.54, 1.807) is 6.20 Å². The summed E-state index contributed by atoms with van der Waals surface area (Å²) >= 11 is 6.12. The van der Waals surface area contributed by atoms with Gasteiger partial charge in [0.05, 0.1) is 0 Å². The van der Waals surface area contributed by atoms with Crippen LogP contribution in [0.25, 0.3) is 0 Å². The van der Waals surface area contributed by atoms with Crippen molar-refractivity contribution >= 4 is 11.6 Å². The van der Waals surface area contributed by atoms with Crippen LogP contribution in [0.1, 0.15) is 11.6 Å². The van der Waals surface area contributed by atoms with Crippen molar-refractivity contribution in [2.75, 3.05) is 6.54 Å². The van der Waals surface area contributed by atoms with E-state index >= 15 is 0 Å². The minimum Gasteiger partial charge on any atom is -0.327 e. The first-order chi connectivity index (χ1) is 6.79. The molecule has 3 nitrogen and oxygen atoms in total. The third-order valence-electron chi connectivity index (χ3n) is 3.38. The van der Waals surface area contributed by atoms with E-state index in [-0.39, 0.29) is 0 Å². The molecule has 0 radical (unpaired) electrons. The Kier molecular flexibility index (Phi) is 1.81. The van der Waals surface area contributed by atoms with Crippen LogP contribution < -0.4 is 11.1 Å². The molecule has 1 aliphatic heterocycles. The van der Waals surface area contributed by atoms with Gasteiger partial charge in [-0.05, 0) is 17.9 Å². The molecule has 4 atom stereocenters. The van der Waals surface area contributed by atoms with Gasteiger partial charge in [0.2, 0.25) is 0 Å². The molecule has 4 unspecified atom stereocenters. The minimum absolute atomic E-state index is 0.316. The van der Waals surface area contributed by atoms with Gasteiger partial charge in [-0.1, -0.05) is 11.6 Å². The standard InChI is InChI=1S/C10H12ClN3/c11-7-1-2-13-3-5(7)10-8-6(4-14-10)9(8)12/h1-3,6,8-10,14H,4,12H2. The number of hydrogen-bond donors (Lipinski definition) is 2. The highest BCUT2D eigenvalue weighted by atomic mass is 35.5. The molecule has 1 saturated carbocycles. The topological polar surface area (TPSA) is 50.9 Å². The van der Waals surface area contributed by atoms with Gasteiger partial charge in [-0.15, -0.1) is 0 Å². The average molecular weight is 210 g/mol. The highest BCUT2D eigenvalue weighted by Gasteiger charge is 2.56. The van der Waals surface area contributed by atoms with Crippen LogP contribution in [-0.4, -0.2) is 17.6 Å². The van der Waals surface area contributed by atoms with Gasteiger partial charge in [-0.2, -0.15) is 0 Å². The van der Waals surface area contributed by atoms with Crippen LogP contribution in [0.4, 0.5) is 0 Å². The molecule has 3 N–H and O–H groups in total. The summed E-state index contributed by atoms with van der Waals surface area (Å²) in [5.41, 5.74) is 7.04. The molecular formula is C10H12ClN3. The van der Waals surface area contributed by atoms with E-state index in [0.717, 1.165) is 17.1 Å². The summed E-state index contributed by atoms with van der Waals surface area (Å²) in [7, 11) is 0. The Labute approximate surface area is 87.7 Å². The number of halogens is 1. The first kappa shape index (κ1) is 8.65. The van der Waals surface area contributed by atoms with Gasteiger partial charge in [0.1, 0.15) is 0 Å². The number of nitrogens with two attached hydrogens (primary N) is 1. The van der Waals surface area contributed by atoms with Crippen molar-refractivity contribution in [2.24, 2.45) is 17.6 Å². The summed E-state index contributed by atoms with van der Waals surface area (Å²) in [4.78, 5) is 4.10. The first-order valence-corrected chi connectivity index (χ1v) is 5.25. The molecule has 2 aliphatic rings. The minimum atomic E-state index is 0.316. The van der Waals surface area contributed by atoms with Crippen LogP contribution in [-0.2, 0) is 0 Å². The molecule has 1 aliphatic carbocycles. The van der Waals surface area contributed by atoms with Crippen molar-refractivity contribution in [3.05, 3.63) is 29.0 Å². The maximum absolute atomic E-state index is 6.12. The van der Waals surface area contributed by atoms with E-state index in [0.29, 0.717) is 23.9 Å². The van der Waals surface area contributed by atoms with Crippen molar-refractivity contribution in [3.8, 4) is 0 Å². The molecule has 3 rings (SSSR count). The number of nitrogens with one attached hydrogen (secondary N) is 1. The lowest BCUT2D eigenvalue weighted by Crippen LogP contribution is -2.26. The van der Waals surface area contributed by atoms with E-state index in [9.17, 15) is 0 Å². The number of pyridine rings is 1. The molecule has 0 aromatic carbocycles. The second kappa shape index (κ2) is 2.92. The molecular weight excluding hydrogens is 198 g/mol. The van der Waals surface area contributed by atoms with Gasteiger partial charge in [0, 0.05) is 41.6 Å². The third-order valence-corrected chi connectivity index (χ3v) is 3.73. The fourth-order valence-electron chi connectivity index (χ4n) is 2.50. The van der Waals surface area contributed by atoms with E-state index in [1.807, 2.05) is 12.3 Å². The highest BCUT2D eigenvalue weighted by Crippen LogP contribution is 2.51. The first-order valence-electron chi connectivity index (χ1n) is 4.87. The zero-order valence-corrected chi connectivity index (χ0v) is 8.41. The smallest absolute Gasteiger partial charge is 0.0484 e. The Balaban J connectivity index is 1.93. The monoisotopic (exact) mass is 209 g/mol. The van der Waals surface area contributed by atoms with Gasteiger partial charge < -0.3 is 11.1 Å². The van der Waals surface area contributed by atoms with Gasteiger partial charge in [-0.25, -0.2) is 0 Å². The molecule has 1 aromatic rings. The molecule has 0 bridgehead atoms. The average Bonchev–Trinajstić information content (AvgIpc) is 2.64. The Morgan fingerprint density at radius 2 is 2.43 bits per heavy atom. The van der Waals surface area contributed by atoms with Gasteiger partial charge in [-0.3, -0.25) is 4.98 Å². The van der Waals surface area contributed by atoms with Gasteiger partial charge in [0.25, 0.3) is 0 Å². The van der Waals surface area contributed by atoms with Crippen LogP contribution in [0.3, 0.4) is 0 Å². The quantitative estimate of drug-likeness (QED) is 0.724. The van der Waals surface area contributed by atoms with Gasteiger partial charge >= 0.3 is 0 Å². The maximum Gasteiger partial charge on any atom is 0.0484 e. The number of rotatable bonds is 1. The summed E-state index contributed by atoms with van der Waals surface area (Å²) < 4.78 is 0. The predicted octanol–water partition coefficient (Wildman–Crippen LogP) is 0.953. The second-order valence-electron chi connectivity index (χ2n) is 4.10. The molecule has 1 aromatic heterocycles. The summed E-state index contributed by atoms with van der Waals surface area (Å²) in [5, 5.41) is 4.23. The largest absolute Gasteiger partial charge is 0.327 e. The summed E-state index contributed by atoms with van der Waals surface area (Å²) in [6, 6.07) is 2.51. The van der Waals surface area contributed by atoms with Crippen LogP contribution >= 0.6 is 11.6 Å². The number of nitrogens with zero attached hydrogens (tertiary/aromatic N) is 1. The lowest BCUT2D eigenvalue weighted by atomic mass is 10.1. The molecule has 2 heterocycles. The van der Waals surface area contributed by atoms with Crippen LogP contribution in [0.15, 0.2) is 18.5 Å². The number of piperidine rings is 1. The highest BCUT2D eigenvalue weighted by molar-refractivity contribution is 6.31. The van der Waals surface area contributed by atoms with Crippen molar-refractivity contribution in [1.29, 1.82) is 0 Å². The second-order valence-corrected chi connectivity index (χ2v) is 4.51. The summed E-state index contributed by atoms with van der Waals surface area (Å²) in [6.45, 7) is 1.02. The fraction of sp³-hybridized carbons (Fsp3) is 0.500. The Morgan fingerprint density at radius 3 is 3.07 bits per heavy atom. The summed E-state index contributed by atoms with van der Waals surface area (Å²) in [6.07, 6.45) is 3.55. The number of aromatic nitrogens is 1. The van der Waals surface area contributed by atoms with Crippen molar-refractivity contribution in [2.45, 2.75) is 12.1 Å². The van der Waals surface area contributed by atoms with Crippen LogP contribution in [0.2, 0.25) is 5.02 Å².